The third kappa shape index (κ3) is 6.92. The molecule has 1 aromatic rings. The highest BCUT2D eigenvalue weighted by Crippen LogP contribution is 2.12. The number of hydrogen-bond acceptors (Lipinski definition) is 6. The van der Waals surface area contributed by atoms with Crippen molar-refractivity contribution >= 4 is 17.7 Å². The molecule has 0 saturated carbocycles. The summed E-state index contributed by atoms with van der Waals surface area (Å²) in [5, 5.41) is 2.57. The summed E-state index contributed by atoms with van der Waals surface area (Å²) < 4.78 is 15.0. The van der Waals surface area contributed by atoms with Crippen LogP contribution in [0.3, 0.4) is 0 Å². The normalized spacial score (nSPS) is 11.4. The van der Waals surface area contributed by atoms with Crippen LogP contribution in [0.1, 0.15) is 24.2 Å². The minimum absolute atomic E-state index is 0.0516. The highest BCUT2D eigenvalue weighted by molar-refractivity contribution is 5.94. The smallest absolute Gasteiger partial charge is 0.344 e. The summed E-state index contributed by atoms with van der Waals surface area (Å²) >= 11 is 0. The highest BCUT2D eigenvalue weighted by atomic mass is 16.6. The maximum Gasteiger partial charge on any atom is 0.344 e. The van der Waals surface area contributed by atoms with E-state index in [4.69, 9.17) is 14.2 Å². The Labute approximate surface area is 134 Å². The van der Waals surface area contributed by atoms with E-state index in [1.54, 1.807) is 24.3 Å². The molecule has 0 fully saturated rings. The van der Waals surface area contributed by atoms with Gasteiger partial charge in [-0.2, -0.15) is 0 Å². The predicted octanol–water partition coefficient (Wildman–Crippen LogP) is 0.962. The van der Waals surface area contributed by atoms with Gasteiger partial charge in [-0.3, -0.25) is 9.59 Å². The van der Waals surface area contributed by atoms with Crippen molar-refractivity contribution in [2.75, 3.05) is 26.9 Å². The molecule has 0 unspecified atom stereocenters. The number of methoxy groups -OCH3 is 1. The molecular weight excluding hydrogens is 302 g/mol. The average Bonchev–Trinajstić information content (AvgIpc) is 2.53. The standard InChI is InChI=1S/C16H21NO6/c1-11(18)13-4-6-14(7-5-13)22-10-15(19)23-12(2)16(20)17-8-9-21-3/h4-7,12H,8-10H2,1-3H3,(H,17,20)/t12-/m0/s1. The summed E-state index contributed by atoms with van der Waals surface area (Å²) in [6, 6.07) is 6.39. The zero-order valence-electron chi connectivity index (χ0n) is 13.5. The van der Waals surface area contributed by atoms with Gasteiger partial charge in [0.15, 0.2) is 18.5 Å². The molecule has 0 spiro atoms. The Morgan fingerprint density at radius 3 is 2.39 bits per heavy atom. The van der Waals surface area contributed by atoms with E-state index in [9.17, 15) is 14.4 Å². The number of rotatable bonds is 9. The lowest BCUT2D eigenvalue weighted by Crippen LogP contribution is -2.38. The van der Waals surface area contributed by atoms with Crippen LogP contribution >= 0.6 is 0 Å². The van der Waals surface area contributed by atoms with Gasteiger partial charge in [0.1, 0.15) is 5.75 Å². The van der Waals surface area contributed by atoms with Crippen molar-refractivity contribution in [2.24, 2.45) is 0 Å². The van der Waals surface area contributed by atoms with Crippen molar-refractivity contribution in [2.45, 2.75) is 20.0 Å². The van der Waals surface area contributed by atoms with E-state index in [1.807, 2.05) is 0 Å². The number of benzene rings is 1. The summed E-state index contributed by atoms with van der Waals surface area (Å²) in [6.07, 6.45) is -0.914. The molecule has 0 saturated heterocycles. The molecule has 0 bridgehead atoms. The van der Waals surface area contributed by atoms with Crippen molar-refractivity contribution in [1.29, 1.82) is 0 Å². The fourth-order valence-electron chi connectivity index (χ4n) is 1.63. The van der Waals surface area contributed by atoms with Crippen molar-refractivity contribution in [3.8, 4) is 5.75 Å². The Bertz CT molecular complexity index is 540. The topological polar surface area (TPSA) is 90.9 Å². The molecule has 0 aliphatic heterocycles. The second-order valence-electron chi connectivity index (χ2n) is 4.79. The molecule has 1 aromatic carbocycles. The molecule has 1 amide bonds. The van der Waals surface area contributed by atoms with Gasteiger partial charge in [0, 0.05) is 19.2 Å². The molecule has 1 N–H and O–H groups in total. The summed E-state index contributed by atoms with van der Waals surface area (Å²) in [5.41, 5.74) is 0.557. The van der Waals surface area contributed by atoms with Gasteiger partial charge in [0.25, 0.3) is 5.91 Å². The Hall–Kier alpha value is -2.41. The van der Waals surface area contributed by atoms with Crippen molar-refractivity contribution in [1.82, 2.24) is 5.32 Å². The zero-order valence-corrected chi connectivity index (χ0v) is 13.5. The number of esters is 1. The lowest BCUT2D eigenvalue weighted by atomic mass is 10.1. The number of ketones is 1. The van der Waals surface area contributed by atoms with E-state index < -0.39 is 18.0 Å². The molecule has 126 valence electrons. The van der Waals surface area contributed by atoms with Gasteiger partial charge >= 0.3 is 5.97 Å². The van der Waals surface area contributed by atoms with Crippen LogP contribution in [0.4, 0.5) is 0 Å². The minimum atomic E-state index is -0.914. The maximum atomic E-state index is 11.6. The number of carbonyl (C=O) groups is 3. The number of amides is 1. The lowest BCUT2D eigenvalue weighted by Gasteiger charge is -2.13. The van der Waals surface area contributed by atoms with Crippen molar-refractivity contribution < 1.29 is 28.6 Å². The monoisotopic (exact) mass is 323 g/mol. The van der Waals surface area contributed by atoms with E-state index in [0.29, 0.717) is 24.5 Å². The molecule has 0 radical (unpaired) electrons. The van der Waals surface area contributed by atoms with E-state index in [0.717, 1.165) is 0 Å². The molecule has 0 aromatic heterocycles. The summed E-state index contributed by atoms with van der Waals surface area (Å²) in [7, 11) is 1.52. The number of hydrogen-bond donors (Lipinski definition) is 1. The summed E-state index contributed by atoms with van der Waals surface area (Å²) in [4.78, 5) is 34.4. The van der Waals surface area contributed by atoms with Crippen molar-refractivity contribution in [3.05, 3.63) is 29.8 Å². The first kappa shape index (κ1) is 18.6. The predicted molar refractivity (Wildman–Crippen MR) is 82.4 cm³/mol. The number of ether oxygens (including phenoxy) is 3. The second-order valence-corrected chi connectivity index (χ2v) is 4.79. The van der Waals surface area contributed by atoms with Crippen LogP contribution in [-0.2, 0) is 19.1 Å². The summed E-state index contributed by atoms with van der Waals surface area (Å²) in [6.45, 7) is 3.34. The quantitative estimate of drug-likeness (QED) is 0.413. The number of Topliss-reactive ketones (excluding diaryl/α,β-unsaturated/α-hetero) is 1. The Kier molecular flexibility index (Phi) is 7.76. The maximum absolute atomic E-state index is 11.6. The van der Waals surface area contributed by atoms with Crippen LogP contribution in [0, 0.1) is 0 Å². The third-order valence-corrected chi connectivity index (χ3v) is 2.90. The van der Waals surface area contributed by atoms with Crippen LogP contribution in [0.2, 0.25) is 0 Å². The highest BCUT2D eigenvalue weighted by Gasteiger charge is 2.17. The van der Waals surface area contributed by atoms with Gasteiger partial charge in [-0.15, -0.1) is 0 Å². The summed E-state index contributed by atoms with van der Waals surface area (Å²) in [5.74, 6) is -0.676. The first-order valence-corrected chi connectivity index (χ1v) is 7.14. The third-order valence-electron chi connectivity index (χ3n) is 2.90. The fourth-order valence-corrected chi connectivity index (χ4v) is 1.63. The first-order chi connectivity index (χ1) is 10.9. The van der Waals surface area contributed by atoms with Gasteiger partial charge in [0.2, 0.25) is 0 Å². The van der Waals surface area contributed by atoms with Crippen LogP contribution in [0.5, 0.6) is 5.75 Å². The van der Waals surface area contributed by atoms with E-state index in [-0.39, 0.29) is 12.4 Å². The molecule has 7 heteroatoms. The Balaban J connectivity index is 2.35. The molecule has 1 atom stereocenters. The van der Waals surface area contributed by atoms with Crippen LogP contribution in [0.15, 0.2) is 24.3 Å². The first-order valence-electron chi connectivity index (χ1n) is 7.14. The molecule has 0 aliphatic rings. The average molecular weight is 323 g/mol. The molecule has 0 heterocycles. The fraction of sp³-hybridized carbons (Fsp3) is 0.438. The van der Waals surface area contributed by atoms with E-state index in [2.05, 4.69) is 5.32 Å². The molecule has 7 nitrogen and oxygen atoms in total. The molecule has 1 rings (SSSR count). The van der Waals surface area contributed by atoms with Crippen molar-refractivity contribution in [3.63, 3.8) is 0 Å². The minimum Gasteiger partial charge on any atom is -0.482 e. The lowest BCUT2D eigenvalue weighted by molar-refractivity contribution is -0.156. The zero-order chi connectivity index (χ0) is 17.2. The molecule has 0 aliphatic carbocycles. The van der Waals surface area contributed by atoms with E-state index in [1.165, 1.54) is 21.0 Å². The largest absolute Gasteiger partial charge is 0.482 e. The van der Waals surface area contributed by atoms with Gasteiger partial charge in [-0.05, 0) is 38.1 Å². The van der Waals surface area contributed by atoms with Gasteiger partial charge in [-0.25, -0.2) is 4.79 Å². The number of nitrogens with one attached hydrogen (secondary N) is 1. The Morgan fingerprint density at radius 1 is 1.17 bits per heavy atom. The van der Waals surface area contributed by atoms with Crippen LogP contribution in [-0.4, -0.2) is 50.6 Å². The van der Waals surface area contributed by atoms with Gasteiger partial charge in [0.05, 0.1) is 6.61 Å². The second kappa shape index (κ2) is 9.58. The van der Waals surface area contributed by atoms with Crippen LogP contribution in [0.25, 0.3) is 0 Å². The van der Waals surface area contributed by atoms with Crippen LogP contribution < -0.4 is 10.1 Å². The van der Waals surface area contributed by atoms with Gasteiger partial charge in [-0.1, -0.05) is 0 Å². The molecular formula is C16H21NO6. The SMILES string of the molecule is COCCNC(=O)[C@H](C)OC(=O)COc1ccc(C(C)=O)cc1. The van der Waals surface area contributed by atoms with E-state index >= 15 is 0 Å². The van der Waals surface area contributed by atoms with Gasteiger partial charge < -0.3 is 19.5 Å². The number of carbonyl (C=O) groups excluding carboxylic acids is 3. The Morgan fingerprint density at radius 2 is 1.83 bits per heavy atom. The molecule has 23 heavy (non-hydrogen) atoms.